The Morgan fingerprint density at radius 3 is 3.06 bits per heavy atom. The highest BCUT2D eigenvalue weighted by Gasteiger charge is 2.30. The van der Waals surface area contributed by atoms with E-state index in [0.29, 0.717) is 23.7 Å². The molecule has 1 aromatic carbocycles. The lowest BCUT2D eigenvalue weighted by Crippen LogP contribution is -2.28. The second-order valence-corrected chi connectivity index (χ2v) is 4.06. The van der Waals surface area contributed by atoms with Crippen LogP contribution in [0.25, 0.3) is 0 Å². The number of hydrogen-bond donors (Lipinski definition) is 3. The van der Waals surface area contributed by atoms with Crippen molar-refractivity contribution in [2.75, 3.05) is 18.5 Å². The number of fused-ring (bicyclic) bond motifs is 1. The monoisotopic (exact) mass is 240 g/mol. The van der Waals surface area contributed by atoms with Crippen molar-refractivity contribution >= 4 is 23.2 Å². The molecule has 1 unspecified atom stereocenters. The van der Waals surface area contributed by atoms with E-state index in [4.69, 9.17) is 16.7 Å². The van der Waals surface area contributed by atoms with Gasteiger partial charge in [-0.05, 0) is 19.0 Å². The summed E-state index contributed by atoms with van der Waals surface area (Å²) in [5.41, 5.74) is 1.56. The Bertz CT molecular complexity index is 409. The zero-order valence-electron chi connectivity index (χ0n) is 8.66. The van der Waals surface area contributed by atoms with Crippen LogP contribution in [0, 0.1) is 0 Å². The van der Waals surface area contributed by atoms with Crippen LogP contribution in [0.1, 0.15) is 18.0 Å². The molecule has 4 nitrogen and oxygen atoms in total. The van der Waals surface area contributed by atoms with E-state index in [1.165, 1.54) is 0 Å². The predicted molar refractivity (Wildman–Crippen MR) is 62.5 cm³/mol. The number of carbonyl (C=O) groups is 1. The summed E-state index contributed by atoms with van der Waals surface area (Å²) in [6.45, 7) is 0.713. The molecule has 2 rings (SSSR count). The van der Waals surface area contributed by atoms with E-state index in [1.807, 2.05) is 12.1 Å². The minimum atomic E-state index is -0.361. The van der Waals surface area contributed by atoms with Crippen LogP contribution in [0.4, 0.5) is 5.69 Å². The van der Waals surface area contributed by atoms with Gasteiger partial charge in [0.1, 0.15) is 6.04 Å². The number of hydrogen-bond acceptors (Lipinski definition) is 3. The van der Waals surface area contributed by atoms with Gasteiger partial charge < -0.3 is 15.7 Å². The molecule has 0 aliphatic carbocycles. The number of amides is 1. The number of nitrogens with one attached hydrogen (secondary N) is 2. The molecule has 1 heterocycles. The molecule has 16 heavy (non-hydrogen) atoms. The Hall–Kier alpha value is -1.10. The first-order chi connectivity index (χ1) is 7.74. The van der Waals surface area contributed by atoms with Gasteiger partial charge in [-0.2, -0.15) is 0 Å². The summed E-state index contributed by atoms with van der Waals surface area (Å²) in [5.74, 6) is -0.0963. The zero-order chi connectivity index (χ0) is 11.5. The van der Waals surface area contributed by atoms with Gasteiger partial charge in [0.15, 0.2) is 0 Å². The van der Waals surface area contributed by atoms with Crippen molar-refractivity contribution in [1.29, 1.82) is 0 Å². The standard InChI is InChI=1S/C11H13ClN2O2/c12-8-4-1-3-7-9(8)14-11(16)10(7)13-5-2-6-15/h1,3-4,10,13,15H,2,5-6H2,(H,14,16). The summed E-state index contributed by atoms with van der Waals surface area (Å²) in [4.78, 5) is 11.7. The first-order valence-corrected chi connectivity index (χ1v) is 5.55. The Kier molecular flexibility index (Phi) is 3.43. The molecular formula is C11H13ClN2O2. The Morgan fingerprint density at radius 1 is 1.50 bits per heavy atom. The summed E-state index contributed by atoms with van der Waals surface area (Å²) in [6, 6.07) is 5.08. The number of aliphatic hydroxyl groups is 1. The van der Waals surface area contributed by atoms with Crippen LogP contribution in [0.2, 0.25) is 5.02 Å². The lowest BCUT2D eigenvalue weighted by atomic mass is 10.1. The predicted octanol–water partition coefficient (Wildman–Crippen LogP) is 1.31. The van der Waals surface area contributed by atoms with Crippen molar-refractivity contribution in [1.82, 2.24) is 5.32 Å². The Balaban J connectivity index is 2.16. The highest BCUT2D eigenvalue weighted by atomic mass is 35.5. The lowest BCUT2D eigenvalue weighted by molar-refractivity contribution is -0.117. The van der Waals surface area contributed by atoms with Crippen LogP contribution < -0.4 is 10.6 Å². The van der Waals surface area contributed by atoms with Crippen LogP contribution in [-0.2, 0) is 4.79 Å². The molecule has 1 aliphatic heterocycles. The maximum absolute atomic E-state index is 11.7. The van der Waals surface area contributed by atoms with E-state index in [2.05, 4.69) is 10.6 Å². The fraction of sp³-hybridized carbons (Fsp3) is 0.364. The molecule has 0 bridgehead atoms. The van der Waals surface area contributed by atoms with Crippen LogP contribution >= 0.6 is 11.6 Å². The minimum absolute atomic E-state index is 0.0963. The summed E-state index contributed by atoms with van der Waals surface area (Å²) < 4.78 is 0. The number of anilines is 1. The van der Waals surface area contributed by atoms with Crippen molar-refractivity contribution in [3.63, 3.8) is 0 Å². The van der Waals surface area contributed by atoms with Crippen molar-refractivity contribution < 1.29 is 9.90 Å². The van der Waals surface area contributed by atoms with Crippen molar-refractivity contribution in [3.05, 3.63) is 28.8 Å². The number of carbonyl (C=O) groups excluding carboxylic acids is 1. The normalized spacial score (nSPS) is 18.4. The molecule has 1 atom stereocenters. The molecule has 0 saturated heterocycles. The average molecular weight is 241 g/mol. The minimum Gasteiger partial charge on any atom is -0.396 e. The van der Waals surface area contributed by atoms with Crippen LogP contribution in [-0.4, -0.2) is 24.2 Å². The number of rotatable bonds is 4. The van der Waals surface area contributed by atoms with Gasteiger partial charge in [0.25, 0.3) is 0 Å². The van der Waals surface area contributed by atoms with E-state index in [1.54, 1.807) is 6.07 Å². The third-order valence-corrected chi connectivity index (χ3v) is 2.87. The molecule has 0 aromatic heterocycles. The van der Waals surface area contributed by atoms with E-state index in [0.717, 1.165) is 5.56 Å². The van der Waals surface area contributed by atoms with Gasteiger partial charge in [0.05, 0.1) is 10.7 Å². The van der Waals surface area contributed by atoms with Crippen LogP contribution in [0.3, 0.4) is 0 Å². The average Bonchev–Trinajstić information content (AvgIpc) is 2.58. The molecule has 5 heteroatoms. The van der Waals surface area contributed by atoms with Gasteiger partial charge in [-0.3, -0.25) is 4.79 Å². The quantitative estimate of drug-likeness (QED) is 0.696. The lowest BCUT2D eigenvalue weighted by Gasteiger charge is -2.10. The third kappa shape index (κ3) is 2.04. The molecule has 1 aliphatic rings. The van der Waals surface area contributed by atoms with Crippen molar-refractivity contribution in [2.45, 2.75) is 12.5 Å². The van der Waals surface area contributed by atoms with Gasteiger partial charge in [-0.25, -0.2) is 0 Å². The van der Waals surface area contributed by atoms with Gasteiger partial charge in [0.2, 0.25) is 5.91 Å². The molecule has 1 amide bonds. The number of aliphatic hydroxyl groups excluding tert-OH is 1. The number of para-hydroxylation sites is 1. The van der Waals surface area contributed by atoms with Crippen molar-refractivity contribution in [2.24, 2.45) is 0 Å². The van der Waals surface area contributed by atoms with Crippen LogP contribution in [0.15, 0.2) is 18.2 Å². The highest BCUT2D eigenvalue weighted by Crippen LogP contribution is 2.36. The van der Waals surface area contributed by atoms with Gasteiger partial charge in [-0.15, -0.1) is 0 Å². The smallest absolute Gasteiger partial charge is 0.246 e. The SMILES string of the molecule is O=C1Nc2c(Cl)cccc2C1NCCCO. The molecule has 1 aromatic rings. The molecule has 0 spiro atoms. The summed E-state index contributed by atoms with van der Waals surface area (Å²) in [6.07, 6.45) is 0.625. The molecule has 0 saturated carbocycles. The fourth-order valence-electron chi connectivity index (χ4n) is 1.78. The number of benzene rings is 1. The van der Waals surface area contributed by atoms with E-state index in [-0.39, 0.29) is 18.6 Å². The highest BCUT2D eigenvalue weighted by molar-refractivity contribution is 6.34. The third-order valence-electron chi connectivity index (χ3n) is 2.55. The Labute approximate surface area is 98.6 Å². The summed E-state index contributed by atoms with van der Waals surface area (Å²) in [7, 11) is 0. The number of halogens is 1. The molecule has 0 fully saturated rings. The Morgan fingerprint density at radius 2 is 2.31 bits per heavy atom. The maximum Gasteiger partial charge on any atom is 0.246 e. The first-order valence-electron chi connectivity index (χ1n) is 5.17. The second-order valence-electron chi connectivity index (χ2n) is 3.66. The van der Waals surface area contributed by atoms with E-state index < -0.39 is 0 Å². The molecular weight excluding hydrogens is 228 g/mol. The topological polar surface area (TPSA) is 61.4 Å². The van der Waals surface area contributed by atoms with E-state index >= 15 is 0 Å². The van der Waals surface area contributed by atoms with Gasteiger partial charge in [0, 0.05) is 12.2 Å². The maximum atomic E-state index is 11.7. The molecule has 0 radical (unpaired) electrons. The zero-order valence-corrected chi connectivity index (χ0v) is 9.42. The first kappa shape index (κ1) is 11.4. The van der Waals surface area contributed by atoms with E-state index in [9.17, 15) is 4.79 Å². The summed E-state index contributed by atoms with van der Waals surface area (Å²) >= 11 is 5.98. The molecule has 86 valence electrons. The van der Waals surface area contributed by atoms with Gasteiger partial charge >= 0.3 is 0 Å². The largest absolute Gasteiger partial charge is 0.396 e. The summed E-state index contributed by atoms with van der Waals surface area (Å²) in [5, 5.41) is 15.1. The second kappa shape index (κ2) is 4.82. The molecule has 3 N–H and O–H groups in total. The van der Waals surface area contributed by atoms with Gasteiger partial charge in [-0.1, -0.05) is 23.7 Å². The van der Waals surface area contributed by atoms with Crippen LogP contribution in [0.5, 0.6) is 0 Å². The van der Waals surface area contributed by atoms with Crippen molar-refractivity contribution in [3.8, 4) is 0 Å². The fourth-order valence-corrected chi connectivity index (χ4v) is 2.01.